The topological polar surface area (TPSA) is 44.8 Å². The lowest BCUT2D eigenvalue weighted by Gasteiger charge is -2.28. The molecule has 1 saturated heterocycles. The van der Waals surface area contributed by atoms with E-state index in [4.69, 9.17) is 4.74 Å². The summed E-state index contributed by atoms with van der Waals surface area (Å²) < 4.78 is 5.47. The van der Waals surface area contributed by atoms with E-state index in [1.165, 1.54) is 17.7 Å². The third-order valence-corrected chi connectivity index (χ3v) is 5.87. The minimum absolute atomic E-state index is 0.0374. The zero-order chi connectivity index (χ0) is 19.1. The number of urea groups is 1. The van der Waals surface area contributed by atoms with Gasteiger partial charge in [-0.25, -0.2) is 4.79 Å². The average molecular weight is 388 g/mol. The van der Waals surface area contributed by atoms with Gasteiger partial charge in [-0.1, -0.05) is 18.2 Å². The Labute approximate surface area is 165 Å². The number of hydrogen-bond acceptors (Lipinski definition) is 4. The van der Waals surface area contributed by atoms with Crippen LogP contribution in [0.15, 0.2) is 41.8 Å². The first-order chi connectivity index (χ1) is 13.2. The van der Waals surface area contributed by atoms with Crippen molar-refractivity contribution in [1.82, 2.24) is 15.1 Å². The fourth-order valence-corrected chi connectivity index (χ4v) is 4.33. The standard InChI is InChI=1S/C21H29N3O2S/c1-3-26-18-10-8-17(9-11-18)16-23(2)21(25)22-15-19(20-7-6-14-27-20)24-12-4-5-13-24/h6-11,14,19H,3-5,12-13,15-16H2,1-2H3,(H,22,25). The number of nitrogens with one attached hydrogen (secondary N) is 1. The van der Waals surface area contributed by atoms with E-state index in [2.05, 4.69) is 27.7 Å². The quantitative estimate of drug-likeness (QED) is 0.741. The summed E-state index contributed by atoms with van der Waals surface area (Å²) in [6.45, 7) is 6.07. The van der Waals surface area contributed by atoms with Crippen molar-refractivity contribution in [3.8, 4) is 5.75 Å². The minimum Gasteiger partial charge on any atom is -0.494 e. The van der Waals surface area contributed by atoms with Gasteiger partial charge in [0.1, 0.15) is 5.75 Å². The van der Waals surface area contributed by atoms with Crippen molar-refractivity contribution in [2.45, 2.75) is 32.4 Å². The van der Waals surface area contributed by atoms with Crippen molar-refractivity contribution >= 4 is 17.4 Å². The van der Waals surface area contributed by atoms with Gasteiger partial charge in [0.25, 0.3) is 0 Å². The number of ether oxygens (including phenoxy) is 1. The molecule has 1 N–H and O–H groups in total. The largest absolute Gasteiger partial charge is 0.494 e. The predicted molar refractivity (Wildman–Crippen MR) is 110 cm³/mol. The number of carbonyl (C=O) groups excluding carboxylic acids is 1. The van der Waals surface area contributed by atoms with Gasteiger partial charge in [0, 0.05) is 25.0 Å². The Morgan fingerprint density at radius 3 is 2.63 bits per heavy atom. The Balaban J connectivity index is 1.53. The highest BCUT2D eigenvalue weighted by molar-refractivity contribution is 7.10. The number of carbonyl (C=O) groups is 1. The van der Waals surface area contributed by atoms with Gasteiger partial charge in [-0.05, 0) is 62.0 Å². The molecule has 27 heavy (non-hydrogen) atoms. The van der Waals surface area contributed by atoms with Gasteiger partial charge in [-0.2, -0.15) is 0 Å². The number of likely N-dealkylation sites (tertiary alicyclic amines) is 1. The van der Waals surface area contributed by atoms with Crippen molar-refractivity contribution in [2.75, 3.05) is 33.3 Å². The maximum atomic E-state index is 12.6. The SMILES string of the molecule is CCOc1ccc(CN(C)C(=O)NCC(c2cccs2)N2CCCC2)cc1. The van der Waals surface area contributed by atoms with Crippen LogP contribution in [-0.2, 0) is 6.54 Å². The molecule has 2 amide bonds. The molecule has 1 aliphatic rings. The highest BCUT2D eigenvalue weighted by Crippen LogP contribution is 2.27. The van der Waals surface area contributed by atoms with Crippen LogP contribution in [-0.4, -0.2) is 49.1 Å². The molecule has 2 aromatic rings. The normalized spacial score (nSPS) is 15.5. The maximum Gasteiger partial charge on any atom is 0.317 e. The van der Waals surface area contributed by atoms with E-state index in [0.717, 1.165) is 24.4 Å². The van der Waals surface area contributed by atoms with Crippen LogP contribution in [0, 0.1) is 0 Å². The number of nitrogens with zero attached hydrogens (tertiary/aromatic N) is 2. The van der Waals surface area contributed by atoms with Gasteiger partial charge >= 0.3 is 6.03 Å². The Hall–Kier alpha value is -2.05. The molecule has 0 saturated carbocycles. The highest BCUT2D eigenvalue weighted by atomic mass is 32.1. The molecule has 1 atom stereocenters. The summed E-state index contributed by atoms with van der Waals surface area (Å²) in [6.07, 6.45) is 2.49. The molecule has 3 rings (SSSR count). The lowest BCUT2D eigenvalue weighted by Crippen LogP contribution is -2.42. The van der Waals surface area contributed by atoms with Gasteiger partial charge < -0.3 is 15.0 Å². The summed E-state index contributed by atoms with van der Waals surface area (Å²) in [6, 6.07) is 12.4. The molecule has 0 spiro atoms. The van der Waals surface area contributed by atoms with E-state index in [0.29, 0.717) is 19.7 Å². The minimum atomic E-state index is -0.0374. The zero-order valence-electron chi connectivity index (χ0n) is 16.2. The molecule has 6 heteroatoms. The van der Waals surface area contributed by atoms with Crippen LogP contribution >= 0.6 is 11.3 Å². The van der Waals surface area contributed by atoms with Crippen molar-refractivity contribution in [2.24, 2.45) is 0 Å². The first kappa shape index (κ1) is 19.7. The van der Waals surface area contributed by atoms with Crippen molar-refractivity contribution in [1.29, 1.82) is 0 Å². The van der Waals surface area contributed by atoms with Crippen LogP contribution in [0.5, 0.6) is 5.75 Å². The molecule has 1 aromatic heterocycles. The van der Waals surface area contributed by atoms with Gasteiger partial charge in [-0.3, -0.25) is 4.90 Å². The monoisotopic (exact) mass is 387 g/mol. The highest BCUT2D eigenvalue weighted by Gasteiger charge is 2.25. The Bertz CT molecular complexity index is 697. The fourth-order valence-electron chi connectivity index (χ4n) is 3.47. The van der Waals surface area contributed by atoms with Crippen LogP contribution in [0.25, 0.3) is 0 Å². The van der Waals surface area contributed by atoms with Crippen LogP contribution in [0.2, 0.25) is 0 Å². The molecular weight excluding hydrogens is 358 g/mol. The zero-order valence-corrected chi connectivity index (χ0v) is 17.0. The third kappa shape index (κ3) is 5.47. The van der Waals surface area contributed by atoms with Crippen molar-refractivity contribution in [3.05, 3.63) is 52.2 Å². The Kier molecular flexibility index (Phi) is 7.12. The summed E-state index contributed by atoms with van der Waals surface area (Å²) in [7, 11) is 1.84. The Morgan fingerprint density at radius 1 is 1.26 bits per heavy atom. The van der Waals surface area contributed by atoms with E-state index in [-0.39, 0.29) is 12.1 Å². The first-order valence-corrected chi connectivity index (χ1v) is 10.5. The van der Waals surface area contributed by atoms with Gasteiger partial charge in [0.15, 0.2) is 0 Å². The van der Waals surface area contributed by atoms with E-state index in [9.17, 15) is 4.79 Å². The van der Waals surface area contributed by atoms with Gasteiger partial charge in [-0.15, -0.1) is 11.3 Å². The number of thiophene rings is 1. The summed E-state index contributed by atoms with van der Waals surface area (Å²) in [4.78, 5) is 18.1. The summed E-state index contributed by atoms with van der Waals surface area (Å²) in [5.74, 6) is 0.859. The summed E-state index contributed by atoms with van der Waals surface area (Å²) in [5.41, 5.74) is 1.09. The second kappa shape index (κ2) is 9.76. The second-order valence-electron chi connectivity index (χ2n) is 6.89. The molecular formula is C21H29N3O2S. The van der Waals surface area contributed by atoms with Crippen molar-refractivity contribution in [3.63, 3.8) is 0 Å². The van der Waals surface area contributed by atoms with Gasteiger partial charge in [0.05, 0.1) is 12.6 Å². The maximum absolute atomic E-state index is 12.6. The van der Waals surface area contributed by atoms with E-state index < -0.39 is 0 Å². The fraction of sp³-hybridized carbons (Fsp3) is 0.476. The molecule has 1 aliphatic heterocycles. The van der Waals surface area contributed by atoms with Gasteiger partial charge in [0.2, 0.25) is 0 Å². The number of rotatable bonds is 8. The Morgan fingerprint density at radius 2 is 2.00 bits per heavy atom. The number of amides is 2. The number of benzene rings is 1. The van der Waals surface area contributed by atoms with Crippen LogP contribution in [0.4, 0.5) is 4.79 Å². The molecule has 1 aromatic carbocycles. The van der Waals surface area contributed by atoms with E-state index in [1.807, 2.05) is 38.2 Å². The summed E-state index contributed by atoms with van der Waals surface area (Å²) in [5, 5.41) is 5.24. The lowest BCUT2D eigenvalue weighted by atomic mass is 10.2. The molecule has 1 fully saturated rings. The van der Waals surface area contributed by atoms with Crippen LogP contribution in [0.3, 0.4) is 0 Å². The molecule has 1 unspecified atom stereocenters. The third-order valence-electron chi connectivity index (χ3n) is 4.90. The first-order valence-electron chi connectivity index (χ1n) is 9.65. The van der Waals surface area contributed by atoms with Crippen LogP contribution < -0.4 is 10.1 Å². The predicted octanol–water partition coefficient (Wildman–Crippen LogP) is 4.13. The number of hydrogen-bond donors (Lipinski definition) is 1. The van der Waals surface area contributed by atoms with Crippen LogP contribution in [0.1, 0.15) is 36.2 Å². The second-order valence-corrected chi connectivity index (χ2v) is 7.87. The average Bonchev–Trinajstić information content (AvgIpc) is 3.38. The molecule has 0 aliphatic carbocycles. The molecule has 146 valence electrons. The molecule has 0 bridgehead atoms. The van der Waals surface area contributed by atoms with E-state index >= 15 is 0 Å². The van der Waals surface area contributed by atoms with Crippen molar-refractivity contribution < 1.29 is 9.53 Å². The lowest BCUT2D eigenvalue weighted by molar-refractivity contribution is 0.196. The van der Waals surface area contributed by atoms with E-state index in [1.54, 1.807) is 16.2 Å². The molecule has 5 nitrogen and oxygen atoms in total. The molecule has 2 heterocycles. The molecule has 0 radical (unpaired) electrons. The summed E-state index contributed by atoms with van der Waals surface area (Å²) >= 11 is 1.77. The smallest absolute Gasteiger partial charge is 0.317 e.